The number of nitrogens with zero attached hydrogens (tertiary/aromatic N) is 5. The number of primary amides is 1. The van der Waals surface area contributed by atoms with E-state index in [2.05, 4.69) is 48.8 Å². The number of aromatic nitrogens is 4. The Kier molecular flexibility index (Phi) is 7.86. The second kappa shape index (κ2) is 11.2. The largest absolute Gasteiger partial charge is 0.366 e. The van der Waals surface area contributed by atoms with E-state index in [4.69, 9.17) is 5.73 Å². The van der Waals surface area contributed by atoms with Gasteiger partial charge < -0.3 is 15.5 Å². The number of urea groups is 1. The third kappa shape index (κ3) is 5.97. The van der Waals surface area contributed by atoms with Crippen molar-refractivity contribution in [1.82, 2.24) is 30.0 Å². The van der Waals surface area contributed by atoms with E-state index in [9.17, 15) is 9.59 Å². The van der Waals surface area contributed by atoms with E-state index < -0.39 is 5.91 Å². The monoisotopic (exact) mass is 482 g/mol. The number of hydrogen-bond donors (Lipinski definition) is 3. The van der Waals surface area contributed by atoms with Crippen molar-refractivity contribution < 1.29 is 9.59 Å². The Labute approximate surface area is 202 Å². The first-order chi connectivity index (χ1) is 16.5. The summed E-state index contributed by atoms with van der Waals surface area (Å²) in [6.45, 7) is 4.55. The van der Waals surface area contributed by atoms with Gasteiger partial charge in [0.15, 0.2) is 0 Å². The van der Waals surface area contributed by atoms with Crippen LogP contribution in [0.4, 0.5) is 10.7 Å². The number of nitrogens with two attached hydrogens (primary N) is 1. The highest BCUT2D eigenvalue weighted by atomic mass is 32.1. The van der Waals surface area contributed by atoms with Gasteiger partial charge in [-0.3, -0.25) is 15.1 Å². The van der Waals surface area contributed by atoms with Crippen LogP contribution in [0.1, 0.15) is 47.8 Å². The van der Waals surface area contributed by atoms with E-state index in [1.54, 1.807) is 29.7 Å². The SMILES string of the molecule is C[C@H](CCc1ncccc1C(N)=O)N1CCC(N(Cc2ccsc2)C(=O)Nc2ncn[nH]2)CC1. The molecule has 0 unspecified atom stereocenters. The number of likely N-dealkylation sites (tertiary alicyclic amines) is 1. The summed E-state index contributed by atoms with van der Waals surface area (Å²) in [5.74, 6) is -0.0953. The van der Waals surface area contributed by atoms with Gasteiger partial charge in [0.1, 0.15) is 6.33 Å². The van der Waals surface area contributed by atoms with Gasteiger partial charge in [-0.1, -0.05) is 0 Å². The zero-order valence-electron chi connectivity index (χ0n) is 19.2. The number of aryl methyl sites for hydroxylation is 1. The molecule has 4 rings (SSSR count). The minimum Gasteiger partial charge on any atom is -0.366 e. The Morgan fingerprint density at radius 1 is 1.32 bits per heavy atom. The lowest BCUT2D eigenvalue weighted by Crippen LogP contribution is -2.50. The first kappa shape index (κ1) is 23.8. The first-order valence-corrected chi connectivity index (χ1v) is 12.4. The highest BCUT2D eigenvalue weighted by molar-refractivity contribution is 7.07. The minimum atomic E-state index is -0.439. The van der Waals surface area contributed by atoms with Gasteiger partial charge in [-0.25, -0.2) is 9.89 Å². The molecule has 3 amide bonds. The van der Waals surface area contributed by atoms with E-state index in [-0.39, 0.29) is 12.1 Å². The molecular weight excluding hydrogens is 452 g/mol. The number of pyridine rings is 1. The normalized spacial score (nSPS) is 15.7. The predicted octanol–water partition coefficient (Wildman–Crippen LogP) is 2.88. The van der Waals surface area contributed by atoms with Crippen molar-refractivity contribution in [3.05, 3.63) is 58.3 Å². The van der Waals surface area contributed by atoms with Crippen molar-refractivity contribution in [3.63, 3.8) is 0 Å². The van der Waals surface area contributed by atoms with Gasteiger partial charge in [0, 0.05) is 37.9 Å². The molecule has 1 aliphatic heterocycles. The summed E-state index contributed by atoms with van der Waals surface area (Å²) in [6, 6.07) is 5.79. The van der Waals surface area contributed by atoms with Crippen LogP contribution in [0.5, 0.6) is 0 Å². The number of piperidine rings is 1. The maximum absolute atomic E-state index is 13.1. The molecule has 11 heteroatoms. The van der Waals surface area contributed by atoms with E-state index in [0.717, 1.165) is 43.6 Å². The smallest absolute Gasteiger partial charge is 0.324 e. The Morgan fingerprint density at radius 2 is 2.15 bits per heavy atom. The average Bonchev–Trinajstić information content (AvgIpc) is 3.55. The van der Waals surface area contributed by atoms with Crippen LogP contribution < -0.4 is 11.1 Å². The Hall–Kier alpha value is -3.31. The van der Waals surface area contributed by atoms with E-state index in [1.165, 1.54) is 6.33 Å². The summed E-state index contributed by atoms with van der Waals surface area (Å²) in [5, 5.41) is 13.4. The molecule has 1 aliphatic rings. The van der Waals surface area contributed by atoms with Crippen LogP contribution >= 0.6 is 11.3 Å². The number of H-pyrrole nitrogens is 1. The second-order valence-electron chi connectivity index (χ2n) is 8.54. The molecule has 34 heavy (non-hydrogen) atoms. The Bertz CT molecular complexity index is 1060. The van der Waals surface area contributed by atoms with Crippen LogP contribution in [0.3, 0.4) is 0 Å². The Morgan fingerprint density at radius 3 is 2.82 bits per heavy atom. The third-order valence-corrected chi connectivity index (χ3v) is 7.08. The van der Waals surface area contributed by atoms with E-state index in [0.29, 0.717) is 30.5 Å². The minimum absolute atomic E-state index is 0.128. The number of nitrogens with one attached hydrogen (secondary N) is 2. The van der Waals surface area contributed by atoms with Crippen LogP contribution in [0.15, 0.2) is 41.5 Å². The predicted molar refractivity (Wildman–Crippen MR) is 130 cm³/mol. The number of hydrogen-bond acceptors (Lipinski definition) is 7. The number of carbonyl (C=O) groups is 2. The summed E-state index contributed by atoms with van der Waals surface area (Å²) in [7, 11) is 0. The quantitative estimate of drug-likeness (QED) is 0.429. The van der Waals surface area contributed by atoms with Gasteiger partial charge in [-0.2, -0.15) is 21.4 Å². The fourth-order valence-electron chi connectivity index (χ4n) is 4.41. The molecule has 0 bridgehead atoms. The fraction of sp³-hybridized carbons (Fsp3) is 0.435. The molecule has 0 aliphatic carbocycles. The zero-order chi connectivity index (χ0) is 23.9. The lowest BCUT2D eigenvalue weighted by atomic mass is 9.99. The van der Waals surface area contributed by atoms with Crippen molar-refractivity contribution in [1.29, 1.82) is 0 Å². The van der Waals surface area contributed by atoms with Gasteiger partial charge >= 0.3 is 6.03 Å². The maximum atomic E-state index is 13.1. The lowest BCUT2D eigenvalue weighted by Gasteiger charge is -2.40. The van der Waals surface area contributed by atoms with E-state index in [1.807, 2.05) is 10.3 Å². The van der Waals surface area contributed by atoms with Crippen molar-refractivity contribution in [3.8, 4) is 0 Å². The van der Waals surface area contributed by atoms with Gasteiger partial charge in [0.2, 0.25) is 5.95 Å². The van der Waals surface area contributed by atoms with Crippen LogP contribution in [0.2, 0.25) is 0 Å². The molecule has 0 radical (unpaired) electrons. The van der Waals surface area contributed by atoms with Crippen molar-refractivity contribution in [2.24, 2.45) is 5.73 Å². The Balaban J connectivity index is 1.34. The first-order valence-electron chi connectivity index (χ1n) is 11.4. The molecule has 1 atom stereocenters. The molecule has 4 heterocycles. The van der Waals surface area contributed by atoms with E-state index >= 15 is 0 Å². The maximum Gasteiger partial charge on any atom is 0.324 e. The molecule has 10 nitrogen and oxygen atoms in total. The molecule has 0 saturated carbocycles. The zero-order valence-corrected chi connectivity index (χ0v) is 20.0. The van der Waals surface area contributed by atoms with Gasteiger partial charge in [0.05, 0.1) is 11.3 Å². The molecule has 4 N–H and O–H groups in total. The molecule has 0 aromatic carbocycles. The number of anilines is 1. The molecule has 1 saturated heterocycles. The van der Waals surface area contributed by atoms with Gasteiger partial charge in [0.25, 0.3) is 5.91 Å². The summed E-state index contributed by atoms with van der Waals surface area (Å²) < 4.78 is 0. The third-order valence-electron chi connectivity index (χ3n) is 6.35. The van der Waals surface area contributed by atoms with Crippen LogP contribution in [-0.2, 0) is 13.0 Å². The summed E-state index contributed by atoms with van der Waals surface area (Å²) >= 11 is 1.63. The van der Waals surface area contributed by atoms with Crippen LogP contribution in [0.25, 0.3) is 0 Å². The summed E-state index contributed by atoms with van der Waals surface area (Å²) in [5.41, 5.74) is 7.85. The number of amides is 3. The highest BCUT2D eigenvalue weighted by Crippen LogP contribution is 2.23. The highest BCUT2D eigenvalue weighted by Gasteiger charge is 2.30. The van der Waals surface area contributed by atoms with Crippen LogP contribution in [-0.4, -0.2) is 67.1 Å². The molecule has 180 valence electrons. The van der Waals surface area contributed by atoms with Crippen LogP contribution in [0, 0.1) is 0 Å². The fourth-order valence-corrected chi connectivity index (χ4v) is 5.07. The van der Waals surface area contributed by atoms with Gasteiger partial charge in [-0.05, 0) is 67.1 Å². The number of rotatable bonds is 9. The molecular formula is C23H30N8O2S. The van der Waals surface area contributed by atoms with Crippen molar-refractivity contribution in [2.45, 2.75) is 51.2 Å². The topological polar surface area (TPSA) is 133 Å². The average molecular weight is 483 g/mol. The second-order valence-corrected chi connectivity index (χ2v) is 9.32. The summed E-state index contributed by atoms with van der Waals surface area (Å²) in [4.78, 5) is 37.4. The van der Waals surface area contributed by atoms with Crippen molar-refractivity contribution >= 4 is 29.2 Å². The molecule has 3 aromatic heterocycles. The van der Waals surface area contributed by atoms with Crippen molar-refractivity contribution in [2.75, 3.05) is 18.4 Å². The summed E-state index contributed by atoms with van der Waals surface area (Å²) in [6.07, 6.45) is 6.42. The number of thiophene rings is 1. The number of carbonyl (C=O) groups excluding carboxylic acids is 2. The molecule has 0 spiro atoms. The van der Waals surface area contributed by atoms with Gasteiger partial charge in [-0.15, -0.1) is 0 Å². The molecule has 3 aromatic rings. The molecule has 1 fully saturated rings. The lowest BCUT2D eigenvalue weighted by molar-refractivity contribution is 0.0979. The standard InChI is InChI=1S/C23H30N8O2S/c1-16(4-5-20-19(21(24)32)3-2-9-25-20)30-10-6-18(7-11-30)31(13-17-8-12-34-14-17)23(33)28-22-26-15-27-29-22/h2-3,8-9,12,14-16,18H,4-7,10-11,13H2,1H3,(H2,24,32)(H2,26,27,28,29,33)/t16-/m1/s1. The number of aromatic amines is 1.